The molecule has 48 heavy (non-hydrogen) atoms. The zero-order valence-corrected chi connectivity index (χ0v) is 25.7. The number of aromatic nitrogens is 3. The first-order valence-electron chi connectivity index (χ1n) is 14.5. The molecule has 0 saturated carbocycles. The highest BCUT2D eigenvalue weighted by atomic mass is 19.1. The van der Waals surface area contributed by atoms with Crippen molar-refractivity contribution in [2.75, 3.05) is 20.8 Å². The van der Waals surface area contributed by atoms with Gasteiger partial charge in [0.15, 0.2) is 22.6 Å². The maximum absolute atomic E-state index is 14.3. The molecular formula is C33H29FN4O10. The molecule has 0 radical (unpaired) electrons. The average molecular weight is 661 g/mol. The molecule has 4 heterocycles. The van der Waals surface area contributed by atoms with Crippen LogP contribution in [-0.4, -0.2) is 91.9 Å². The van der Waals surface area contributed by atoms with Gasteiger partial charge in [0.25, 0.3) is 0 Å². The molecule has 2 aromatic carbocycles. The van der Waals surface area contributed by atoms with Gasteiger partial charge in [-0.15, -0.1) is 0 Å². The molecule has 5 N–H and O–H groups in total. The van der Waals surface area contributed by atoms with E-state index >= 15 is 0 Å². The fourth-order valence-electron chi connectivity index (χ4n) is 5.51. The number of fused-ring (bicyclic) bond motifs is 3. The molecule has 6 rings (SSSR count). The summed E-state index contributed by atoms with van der Waals surface area (Å²) in [5.41, 5.74) is 1.09. The number of benzene rings is 2. The molecule has 0 saturated heterocycles. The number of aliphatic hydroxyl groups is 5. The van der Waals surface area contributed by atoms with E-state index in [0.717, 1.165) is 12.5 Å². The molecule has 0 bridgehead atoms. The summed E-state index contributed by atoms with van der Waals surface area (Å²) in [5.74, 6) is 0.0732. The van der Waals surface area contributed by atoms with E-state index in [-0.39, 0.29) is 56.3 Å². The Labute approximate surface area is 270 Å². The van der Waals surface area contributed by atoms with E-state index in [2.05, 4.69) is 19.9 Å². The Kier molecular flexibility index (Phi) is 8.87. The van der Waals surface area contributed by atoms with Gasteiger partial charge in [-0.05, 0) is 42.3 Å². The van der Waals surface area contributed by atoms with Crippen molar-refractivity contribution >= 4 is 45.0 Å². The first-order chi connectivity index (χ1) is 23.1. The molecule has 0 spiro atoms. The second-order valence-electron chi connectivity index (χ2n) is 10.8. The second-order valence-corrected chi connectivity index (χ2v) is 10.8. The van der Waals surface area contributed by atoms with Crippen LogP contribution < -0.4 is 14.9 Å². The minimum Gasteiger partial charge on any atom is -0.495 e. The number of furan rings is 1. The summed E-state index contributed by atoms with van der Waals surface area (Å²) in [7, 11) is 2.84. The van der Waals surface area contributed by atoms with Crippen LogP contribution in [0, 0.1) is 12.7 Å². The van der Waals surface area contributed by atoms with Crippen LogP contribution in [0.15, 0.2) is 67.6 Å². The Hall–Kier alpha value is -5.32. The number of rotatable bonds is 10. The zero-order valence-electron chi connectivity index (χ0n) is 25.7. The lowest BCUT2D eigenvalue weighted by Crippen LogP contribution is -2.46. The summed E-state index contributed by atoms with van der Waals surface area (Å²) in [6.45, 7) is 0.735. The summed E-state index contributed by atoms with van der Waals surface area (Å²) in [5, 5.41) is 50.2. The molecule has 0 unspecified atom stereocenters. The predicted molar refractivity (Wildman–Crippen MR) is 171 cm³/mol. The number of aliphatic hydroxyl groups excluding tert-OH is 5. The van der Waals surface area contributed by atoms with Gasteiger partial charge in [0.1, 0.15) is 53.5 Å². The Morgan fingerprint density at radius 3 is 2.40 bits per heavy atom. The molecule has 0 aliphatic rings. The van der Waals surface area contributed by atoms with Crippen molar-refractivity contribution < 1.29 is 48.2 Å². The highest BCUT2D eigenvalue weighted by Gasteiger charge is 2.30. The van der Waals surface area contributed by atoms with Crippen molar-refractivity contribution in [1.82, 2.24) is 15.0 Å². The topological polar surface area (TPSA) is 214 Å². The van der Waals surface area contributed by atoms with Gasteiger partial charge in [0, 0.05) is 6.21 Å². The molecule has 15 heteroatoms. The van der Waals surface area contributed by atoms with Crippen LogP contribution in [-0.2, 0) is 0 Å². The maximum Gasteiger partial charge on any atom is 0.206 e. The molecule has 248 valence electrons. The number of aryl methyl sites for hydroxylation is 1. The van der Waals surface area contributed by atoms with Crippen LogP contribution in [0.1, 0.15) is 5.76 Å². The monoisotopic (exact) mass is 660 g/mol. The average Bonchev–Trinajstić information content (AvgIpc) is 3.58. The maximum atomic E-state index is 14.3. The normalized spacial score (nSPS) is 14.5. The van der Waals surface area contributed by atoms with Gasteiger partial charge in [-0.2, -0.15) is 0 Å². The summed E-state index contributed by atoms with van der Waals surface area (Å²) in [4.78, 5) is 31.7. The summed E-state index contributed by atoms with van der Waals surface area (Å²) in [6, 6.07) is 8.68. The highest BCUT2D eigenvalue weighted by Crippen LogP contribution is 2.44. The van der Waals surface area contributed by atoms with Crippen molar-refractivity contribution in [3.8, 4) is 33.9 Å². The lowest BCUT2D eigenvalue weighted by molar-refractivity contribution is -0.0999. The summed E-state index contributed by atoms with van der Waals surface area (Å²) in [6.07, 6.45) is -3.80. The molecule has 0 aliphatic heterocycles. The molecule has 6 aromatic rings. The van der Waals surface area contributed by atoms with Crippen LogP contribution >= 0.6 is 0 Å². The van der Waals surface area contributed by atoms with Crippen LogP contribution in [0.4, 0.5) is 10.2 Å². The highest BCUT2D eigenvalue weighted by molar-refractivity contribution is 6.08. The van der Waals surface area contributed by atoms with Crippen molar-refractivity contribution in [3.63, 3.8) is 0 Å². The van der Waals surface area contributed by atoms with Crippen molar-refractivity contribution in [2.24, 2.45) is 4.99 Å². The smallest absolute Gasteiger partial charge is 0.206 e. The number of hydrogen-bond donors (Lipinski definition) is 5. The van der Waals surface area contributed by atoms with Gasteiger partial charge < -0.3 is 43.8 Å². The van der Waals surface area contributed by atoms with Gasteiger partial charge in [-0.1, -0.05) is 12.1 Å². The number of ether oxygens (including phenoxy) is 2. The minimum atomic E-state index is -1.90. The number of hydrogen-bond acceptors (Lipinski definition) is 14. The van der Waals surface area contributed by atoms with E-state index in [1.54, 1.807) is 19.1 Å². The second kappa shape index (κ2) is 13.1. The molecule has 0 aliphatic carbocycles. The zero-order chi connectivity index (χ0) is 34.3. The Morgan fingerprint density at radius 1 is 0.979 bits per heavy atom. The quantitative estimate of drug-likeness (QED) is 0.134. The standard InChI is InChI=1S/C33H29FN4O10/c1-14-22(27(44)24-28(45-2)17-8-9-47-29(17)31(46-3)30(24)48-14)19-10-18(15-4-6-16(34)7-5-15)23-32(36-13-37-33(23)38-19)35-11-20(40)25(42)26(43)21(41)12-39/h4-11,13,20-21,25-26,39-43H,12H2,1-3H3/t20-,21-,25-,26-/m0/s1. The minimum absolute atomic E-state index is 0.0298. The summed E-state index contributed by atoms with van der Waals surface area (Å²) >= 11 is 0. The Morgan fingerprint density at radius 2 is 1.71 bits per heavy atom. The number of pyridine rings is 1. The van der Waals surface area contributed by atoms with E-state index in [1.165, 1.54) is 44.7 Å². The molecule has 0 amide bonds. The number of nitrogens with zero attached hydrogens (tertiary/aromatic N) is 4. The van der Waals surface area contributed by atoms with Gasteiger partial charge >= 0.3 is 0 Å². The van der Waals surface area contributed by atoms with E-state index in [9.17, 15) is 29.6 Å². The van der Waals surface area contributed by atoms with Crippen molar-refractivity contribution in [2.45, 2.75) is 31.3 Å². The third kappa shape index (κ3) is 5.52. The van der Waals surface area contributed by atoms with Gasteiger partial charge in [-0.25, -0.2) is 24.3 Å². The van der Waals surface area contributed by atoms with E-state index in [0.29, 0.717) is 22.1 Å². The third-order valence-electron chi connectivity index (χ3n) is 7.87. The predicted octanol–water partition coefficient (Wildman–Crippen LogP) is 2.81. The number of aliphatic imine (C=N–C) groups is 1. The molecule has 4 atom stereocenters. The van der Waals surface area contributed by atoms with E-state index < -0.39 is 42.3 Å². The van der Waals surface area contributed by atoms with E-state index in [1.807, 2.05) is 0 Å². The van der Waals surface area contributed by atoms with Gasteiger partial charge in [-0.3, -0.25) is 4.79 Å². The Balaban J connectivity index is 1.59. The number of halogens is 1. The third-order valence-corrected chi connectivity index (χ3v) is 7.87. The molecule has 14 nitrogen and oxygen atoms in total. The van der Waals surface area contributed by atoms with Crippen LogP contribution in [0.2, 0.25) is 0 Å². The van der Waals surface area contributed by atoms with Crippen LogP contribution in [0.25, 0.3) is 55.4 Å². The lowest BCUT2D eigenvalue weighted by atomic mass is 9.98. The van der Waals surface area contributed by atoms with Crippen LogP contribution in [0.3, 0.4) is 0 Å². The fourth-order valence-corrected chi connectivity index (χ4v) is 5.51. The largest absolute Gasteiger partial charge is 0.495 e. The van der Waals surface area contributed by atoms with Crippen molar-refractivity contribution in [3.05, 3.63) is 70.8 Å². The molecular weight excluding hydrogens is 631 g/mol. The lowest BCUT2D eigenvalue weighted by Gasteiger charge is -2.23. The first kappa shape index (κ1) is 32.6. The van der Waals surface area contributed by atoms with E-state index in [4.69, 9.17) is 23.4 Å². The fraction of sp³-hybridized carbons (Fsp3) is 0.242. The van der Waals surface area contributed by atoms with Crippen molar-refractivity contribution in [1.29, 1.82) is 0 Å². The van der Waals surface area contributed by atoms with Gasteiger partial charge in [0.05, 0.1) is 49.1 Å². The number of methoxy groups -OCH3 is 2. The molecule has 4 aromatic heterocycles. The van der Waals surface area contributed by atoms with Crippen LogP contribution in [0.5, 0.6) is 11.5 Å². The first-order valence-corrected chi connectivity index (χ1v) is 14.5. The Bertz CT molecular complexity index is 2240. The van der Waals surface area contributed by atoms with Gasteiger partial charge in [0.2, 0.25) is 11.2 Å². The molecule has 0 fully saturated rings. The summed E-state index contributed by atoms with van der Waals surface area (Å²) < 4.78 is 37.0. The SMILES string of the molecule is COc1c2occc2c(OC)c2c(=O)c(-c3cc(-c4ccc(F)cc4)c4c(N=C[C@H](O)[C@H](O)[C@@H](O)[C@@H](O)CO)ncnc4n3)c(C)oc12.